The molecule has 0 amide bonds. The van der Waals surface area contributed by atoms with Crippen molar-refractivity contribution in [3.8, 4) is 0 Å². The van der Waals surface area contributed by atoms with Gasteiger partial charge in [0.15, 0.2) is 0 Å². The smallest absolute Gasteiger partial charge is 0.132 e. The summed E-state index contributed by atoms with van der Waals surface area (Å²) in [6, 6.07) is 6.96. The van der Waals surface area contributed by atoms with E-state index in [1.165, 1.54) is 13.0 Å². The lowest BCUT2D eigenvalue weighted by atomic mass is 9.99. The van der Waals surface area contributed by atoms with Gasteiger partial charge >= 0.3 is 0 Å². The third-order valence-corrected chi connectivity index (χ3v) is 3.66. The van der Waals surface area contributed by atoms with Crippen molar-refractivity contribution in [1.29, 1.82) is 0 Å². The lowest BCUT2D eigenvalue weighted by Gasteiger charge is -2.15. The SMILES string of the molecule is Cc1cc(C(O)c2cc(Br)ccc2Cl)c(F)cc1F. The second-order valence-electron chi connectivity index (χ2n) is 4.19. The highest BCUT2D eigenvalue weighted by Crippen LogP contribution is 2.32. The van der Waals surface area contributed by atoms with Gasteiger partial charge in [-0.15, -0.1) is 0 Å². The van der Waals surface area contributed by atoms with E-state index in [4.69, 9.17) is 11.6 Å². The van der Waals surface area contributed by atoms with Crippen LogP contribution in [0, 0.1) is 18.6 Å². The molecule has 1 N–H and O–H groups in total. The molecule has 2 rings (SSSR count). The average molecular weight is 348 g/mol. The molecule has 1 nitrogen and oxygen atoms in total. The number of halogens is 4. The van der Waals surface area contributed by atoms with Crippen LogP contribution in [0.1, 0.15) is 22.8 Å². The molecular weight excluding hydrogens is 338 g/mol. The predicted octanol–water partition coefficient (Wildman–Crippen LogP) is 4.77. The minimum absolute atomic E-state index is 0.00102. The van der Waals surface area contributed by atoms with Crippen LogP contribution in [-0.2, 0) is 0 Å². The van der Waals surface area contributed by atoms with Crippen molar-refractivity contribution in [2.45, 2.75) is 13.0 Å². The van der Waals surface area contributed by atoms with E-state index in [9.17, 15) is 13.9 Å². The fourth-order valence-electron chi connectivity index (χ4n) is 1.78. The molecule has 1 unspecified atom stereocenters. The molecule has 0 aliphatic carbocycles. The van der Waals surface area contributed by atoms with Gasteiger partial charge in [-0.2, -0.15) is 0 Å². The Hall–Kier alpha value is -0.970. The fourth-order valence-corrected chi connectivity index (χ4v) is 2.38. The Morgan fingerprint density at radius 1 is 1.11 bits per heavy atom. The molecule has 0 spiro atoms. The number of aliphatic hydroxyl groups is 1. The van der Waals surface area contributed by atoms with E-state index in [-0.39, 0.29) is 11.1 Å². The molecule has 0 aromatic heterocycles. The maximum atomic E-state index is 13.7. The molecule has 0 heterocycles. The molecule has 1 atom stereocenters. The van der Waals surface area contributed by atoms with E-state index in [0.29, 0.717) is 15.1 Å². The van der Waals surface area contributed by atoms with Crippen molar-refractivity contribution in [2.24, 2.45) is 0 Å². The Morgan fingerprint density at radius 3 is 2.47 bits per heavy atom. The highest BCUT2D eigenvalue weighted by Gasteiger charge is 2.19. The van der Waals surface area contributed by atoms with Crippen molar-refractivity contribution < 1.29 is 13.9 Å². The first-order valence-corrected chi connectivity index (χ1v) is 6.66. The summed E-state index contributed by atoms with van der Waals surface area (Å²) in [6.07, 6.45) is -1.25. The molecule has 0 radical (unpaired) electrons. The molecule has 5 heteroatoms. The van der Waals surface area contributed by atoms with Crippen LogP contribution in [0.15, 0.2) is 34.8 Å². The minimum atomic E-state index is -1.25. The number of hydrogen-bond acceptors (Lipinski definition) is 1. The molecule has 0 saturated heterocycles. The van der Waals surface area contributed by atoms with Crippen LogP contribution in [0.2, 0.25) is 5.02 Å². The van der Waals surface area contributed by atoms with E-state index in [2.05, 4.69) is 15.9 Å². The van der Waals surface area contributed by atoms with E-state index >= 15 is 0 Å². The Balaban J connectivity index is 2.52. The zero-order valence-electron chi connectivity index (χ0n) is 9.92. The molecule has 0 fully saturated rings. The fraction of sp³-hybridized carbons (Fsp3) is 0.143. The summed E-state index contributed by atoms with van der Waals surface area (Å²) in [6.45, 7) is 1.51. The lowest BCUT2D eigenvalue weighted by molar-refractivity contribution is 0.214. The van der Waals surface area contributed by atoms with Gasteiger partial charge in [-0.1, -0.05) is 27.5 Å². The maximum absolute atomic E-state index is 13.7. The van der Waals surface area contributed by atoms with Gasteiger partial charge < -0.3 is 5.11 Å². The van der Waals surface area contributed by atoms with E-state index < -0.39 is 17.7 Å². The normalized spacial score (nSPS) is 12.5. The second-order valence-corrected chi connectivity index (χ2v) is 5.51. The summed E-state index contributed by atoms with van der Waals surface area (Å²) >= 11 is 9.25. The first-order valence-electron chi connectivity index (χ1n) is 5.48. The van der Waals surface area contributed by atoms with Gasteiger partial charge in [0, 0.05) is 26.7 Å². The van der Waals surface area contributed by atoms with Crippen LogP contribution >= 0.6 is 27.5 Å². The summed E-state index contributed by atoms with van der Waals surface area (Å²) in [4.78, 5) is 0. The lowest BCUT2D eigenvalue weighted by Crippen LogP contribution is -2.05. The van der Waals surface area contributed by atoms with E-state index in [1.807, 2.05) is 0 Å². The van der Waals surface area contributed by atoms with E-state index in [1.54, 1.807) is 18.2 Å². The van der Waals surface area contributed by atoms with Gasteiger partial charge in [0.25, 0.3) is 0 Å². The van der Waals surface area contributed by atoms with Crippen molar-refractivity contribution in [1.82, 2.24) is 0 Å². The van der Waals surface area contributed by atoms with Crippen LogP contribution in [0.4, 0.5) is 8.78 Å². The molecule has 0 bridgehead atoms. The number of hydrogen-bond donors (Lipinski definition) is 1. The standard InChI is InChI=1S/C14H10BrClF2O/c1-7-4-10(13(18)6-12(7)17)14(19)9-5-8(15)2-3-11(9)16/h2-6,14,19H,1H3. The average Bonchev–Trinajstić information content (AvgIpc) is 2.36. The number of benzene rings is 2. The number of aliphatic hydroxyl groups excluding tert-OH is 1. The molecule has 2 aromatic carbocycles. The van der Waals surface area contributed by atoms with Gasteiger partial charge in [0.05, 0.1) is 0 Å². The Morgan fingerprint density at radius 2 is 1.79 bits per heavy atom. The van der Waals surface area contributed by atoms with Crippen molar-refractivity contribution in [3.63, 3.8) is 0 Å². The number of aryl methyl sites for hydroxylation is 1. The zero-order valence-corrected chi connectivity index (χ0v) is 12.3. The topological polar surface area (TPSA) is 20.2 Å². The highest BCUT2D eigenvalue weighted by atomic mass is 79.9. The Labute approximate surface area is 123 Å². The Bertz CT molecular complexity index is 631. The molecule has 0 saturated carbocycles. The predicted molar refractivity (Wildman–Crippen MR) is 74.3 cm³/mol. The molecule has 0 aliphatic rings. The van der Waals surface area contributed by atoms with Crippen LogP contribution in [0.5, 0.6) is 0 Å². The highest BCUT2D eigenvalue weighted by molar-refractivity contribution is 9.10. The number of rotatable bonds is 2. The minimum Gasteiger partial charge on any atom is -0.383 e. The molecule has 100 valence electrons. The third kappa shape index (κ3) is 2.96. The molecule has 2 aromatic rings. The summed E-state index contributed by atoms with van der Waals surface area (Å²) in [7, 11) is 0. The molecule has 19 heavy (non-hydrogen) atoms. The molecule has 0 aliphatic heterocycles. The van der Waals surface area contributed by atoms with Gasteiger partial charge in [-0.25, -0.2) is 8.78 Å². The van der Waals surface area contributed by atoms with Gasteiger partial charge in [0.2, 0.25) is 0 Å². The van der Waals surface area contributed by atoms with Crippen molar-refractivity contribution in [3.05, 3.63) is 68.2 Å². The molecular formula is C14H10BrClF2O. The van der Waals surface area contributed by atoms with Crippen LogP contribution in [0.25, 0.3) is 0 Å². The summed E-state index contributed by atoms with van der Waals surface area (Å²) in [5, 5.41) is 10.5. The first-order chi connectivity index (χ1) is 8.90. The third-order valence-electron chi connectivity index (χ3n) is 2.83. The monoisotopic (exact) mass is 346 g/mol. The van der Waals surface area contributed by atoms with Gasteiger partial charge in [-0.05, 0) is 36.8 Å². The summed E-state index contributed by atoms with van der Waals surface area (Å²) in [5.41, 5.74) is 0.626. The summed E-state index contributed by atoms with van der Waals surface area (Å²) < 4.78 is 27.7. The maximum Gasteiger partial charge on any atom is 0.132 e. The summed E-state index contributed by atoms with van der Waals surface area (Å²) in [5.74, 6) is -1.44. The van der Waals surface area contributed by atoms with Crippen LogP contribution in [0.3, 0.4) is 0 Å². The first kappa shape index (κ1) is 14.4. The second kappa shape index (κ2) is 5.57. The van der Waals surface area contributed by atoms with Gasteiger partial charge in [0.1, 0.15) is 17.7 Å². The van der Waals surface area contributed by atoms with Gasteiger partial charge in [-0.3, -0.25) is 0 Å². The van der Waals surface area contributed by atoms with Crippen molar-refractivity contribution >= 4 is 27.5 Å². The van der Waals surface area contributed by atoms with E-state index in [0.717, 1.165) is 6.07 Å². The van der Waals surface area contributed by atoms with Crippen LogP contribution < -0.4 is 0 Å². The largest absolute Gasteiger partial charge is 0.383 e. The zero-order chi connectivity index (χ0) is 14.2. The Kier molecular flexibility index (Phi) is 4.23. The van der Waals surface area contributed by atoms with Crippen molar-refractivity contribution in [2.75, 3.05) is 0 Å². The quantitative estimate of drug-likeness (QED) is 0.829. The van der Waals surface area contributed by atoms with Crippen LogP contribution in [-0.4, -0.2) is 5.11 Å².